The molecular weight excluding hydrogens is 649 g/mol. The Kier molecular flexibility index (Phi) is 33.0. The van der Waals surface area contributed by atoms with Crippen molar-refractivity contribution in [1.82, 2.24) is 0 Å². The summed E-state index contributed by atoms with van der Waals surface area (Å²) in [4.78, 5) is 40.6. The Balaban J connectivity index is 0. The van der Waals surface area contributed by atoms with Crippen LogP contribution in [0.4, 0.5) is 0 Å². The normalized spacial score (nSPS) is 18.4. The number of carbonyl (C=O) groups excluding carboxylic acids is 1. The van der Waals surface area contributed by atoms with E-state index in [0.29, 0.717) is 25.8 Å². The van der Waals surface area contributed by atoms with Gasteiger partial charge in [0.15, 0.2) is 0 Å². The molecule has 12 N–H and O–H groups in total. The van der Waals surface area contributed by atoms with Crippen molar-refractivity contribution in [1.29, 1.82) is 0 Å². The summed E-state index contributed by atoms with van der Waals surface area (Å²) in [5.41, 5.74) is 19.3. The summed E-state index contributed by atoms with van der Waals surface area (Å²) in [5.74, 6) is -0.891. The molecule has 44 heavy (non-hydrogen) atoms. The lowest BCUT2D eigenvalue weighted by molar-refractivity contribution is -0.368. The van der Waals surface area contributed by atoms with E-state index in [0.717, 1.165) is 68.4 Å². The predicted molar refractivity (Wildman–Crippen MR) is 182 cm³/mol. The Morgan fingerprint density at radius 2 is 1.18 bits per heavy atom. The SMILES string of the molecule is NCCCC[C@H](N)C(=O)O.N[C@@H](CCCC[NH3+])C(=O)O.O=C(O)CCCC[C@@H]1CCSS1.O=C([O-])CCCC[C@@H]1CCSS1. The van der Waals surface area contributed by atoms with Gasteiger partial charge in [-0.15, -0.1) is 0 Å². The molecule has 0 radical (unpaired) electrons. The minimum Gasteiger partial charge on any atom is -0.550 e. The van der Waals surface area contributed by atoms with Gasteiger partial charge in [-0.05, 0) is 83.6 Å². The largest absolute Gasteiger partial charge is 0.550 e. The maximum absolute atomic E-state index is 10.2. The lowest BCUT2D eigenvalue weighted by atomic mass is 10.1. The second-order valence-electron chi connectivity index (χ2n) is 10.4. The van der Waals surface area contributed by atoms with Gasteiger partial charge < -0.3 is 48.2 Å². The van der Waals surface area contributed by atoms with Crippen LogP contribution in [0.1, 0.15) is 103 Å². The topological polar surface area (TPSA) is 258 Å². The average Bonchev–Trinajstić information content (AvgIpc) is 3.69. The summed E-state index contributed by atoms with van der Waals surface area (Å²) < 4.78 is 0. The zero-order chi connectivity index (χ0) is 33.6. The minimum atomic E-state index is -0.933. The fourth-order valence-corrected chi connectivity index (χ4v) is 9.77. The summed E-state index contributed by atoms with van der Waals surface area (Å²) in [5, 5.41) is 36.7. The number of hydrogen-bond acceptors (Lipinski definition) is 12. The predicted octanol–water partition coefficient (Wildman–Crippen LogP) is 2.57. The van der Waals surface area contributed by atoms with Gasteiger partial charge in [0, 0.05) is 34.4 Å². The molecule has 0 aromatic carbocycles. The highest BCUT2D eigenvalue weighted by Gasteiger charge is 2.16. The molecule has 0 amide bonds. The highest BCUT2D eigenvalue weighted by atomic mass is 33.1. The number of carboxylic acid groups (broad SMARTS) is 4. The molecule has 16 heteroatoms. The molecule has 4 atom stereocenters. The molecule has 2 aliphatic rings. The highest BCUT2D eigenvalue weighted by Crippen LogP contribution is 2.40. The number of aliphatic carboxylic acids is 4. The molecule has 0 unspecified atom stereocenters. The summed E-state index contributed by atoms with van der Waals surface area (Å²) in [6.45, 7) is 1.46. The monoisotopic (exact) mass is 704 g/mol. The van der Waals surface area contributed by atoms with Crippen LogP contribution in [0.5, 0.6) is 0 Å². The van der Waals surface area contributed by atoms with Crippen molar-refractivity contribution in [3.05, 3.63) is 0 Å². The highest BCUT2D eigenvalue weighted by molar-refractivity contribution is 8.77. The van der Waals surface area contributed by atoms with Crippen molar-refractivity contribution < 1.29 is 45.3 Å². The average molecular weight is 705 g/mol. The summed E-state index contributed by atoms with van der Waals surface area (Å²) in [7, 11) is 7.81. The van der Waals surface area contributed by atoms with Gasteiger partial charge in [0.2, 0.25) is 0 Å². The molecule has 260 valence electrons. The van der Waals surface area contributed by atoms with E-state index in [4.69, 9.17) is 32.5 Å². The fourth-order valence-electron chi connectivity index (χ4n) is 3.72. The molecule has 0 aromatic heterocycles. The van der Waals surface area contributed by atoms with Crippen molar-refractivity contribution in [2.75, 3.05) is 24.6 Å². The molecule has 0 bridgehead atoms. The van der Waals surface area contributed by atoms with Crippen LogP contribution in [0.2, 0.25) is 0 Å². The van der Waals surface area contributed by atoms with Crippen molar-refractivity contribution in [3.8, 4) is 0 Å². The Labute approximate surface area is 278 Å². The van der Waals surface area contributed by atoms with Crippen LogP contribution in [0.25, 0.3) is 0 Å². The molecular formula is C28H56N4O8S4. The molecule has 12 nitrogen and oxygen atoms in total. The van der Waals surface area contributed by atoms with E-state index in [2.05, 4.69) is 5.73 Å². The van der Waals surface area contributed by atoms with Crippen molar-refractivity contribution in [3.63, 3.8) is 0 Å². The van der Waals surface area contributed by atoms with E-state index in [1.807, 2.05) is 43.2 Å². The molecule has 2 saturated heterocycles. The van der Waals surface area contributed by atoms with Crippen LogP contribution in [0.15, 0.2) is 0 Å². The third-order valence-corrected chi connectivity index (χ3v) is 12.4. The molecule has 0 spiro atoms. The standard InChI is InChI=1S/2C8H14O2S2.2C6H14N2O2/c2*9-8(10)4-2-1-3-7-5-6-11-12-7;2*7-4-2-1-3-5(8)6(9)10/h2*7H,1-6H2,(H,9,10);2*5H,1-4,7-8H2,(H,9,10)/t2*7-;2*5-/m1100/s1. The fraction of sp³-hybridized carbons (Fsp3) is 0.857. The van der Waals surface area contributed by atoms with Crippen LogP contribution in [-0.4, -0.2) is 86.4 Å². The van der Waals surface area contributed by atoms with E-state index in [1.165, 1.54) is 37.2 Å². The van der Waals surface area contributed by atoms with Gasteiger partial charge in [-0.25, -0.2) is 0 Å². The molecule has 0 aromatic rings. The van der Waals surface area contributed by atoms with Gasteiger partial charge in [0.25, 0.3) is 0 Å². The molecule has 2 heterocycles. The van der Waals surface area contributed by atoms with Gasteiger partial charge in [0.1, 0.15) is 12.1 Å². The summed E-state index contributed by atoms with van der Waals surface area (Å²) in [6.07, 6.45) is 13.8. The van der Waals surface area contributed by atoms with Crippen LogP contribution >= 0.6 is 43.2 Å². The summed E-state index contributed by atoms with van der Waals surface area (Å²) in [6, 6.07) is -1.40. The zero-order valence-corrected chi connectivity index (χ0v) is 29.2. The van der Waals surface area contributed by atoms with Crippen LogP contribution in [-0.2, 0) is 19.2 Å². The quantitative estimate of drug-likeness (QED) is 0.0710. The maximum Gasteiger partial charge on any atom is 0.320 e. The first-order chi connectivity index (χ1) is 20.9. The number of unbranched alkanes of at least 4 members (excludes halogenated alkanes) is 4. The van der Waals surface area contributed by atoms with E-state index in [-0.39, 0.29) is 6.42 Å². The molecule has 2 fully saturated rings. The second-order valence-corrected chi connectivity index (χ2v) is 16.0. The number of hydrogen-bond donors (Lipinski definition) is 7. The van der Waals surface area contributed by atoms with E-state index < -0.39 is 36.0 Å². The first kappa shape index (κ1) is 45.2. The third kappa shape index (κ3) is 32.5. The lowest BCUT2D eigenvalue weighted by Crippen LogP contribution is -2.50. The van der Waals surface area contributed by atoms with Crippen molar-refractivity contribution >= 4 is 67.1 Å². The van der Waals surface area contributed by atoms with Gasteiger partial charge in [-0.2, -0.15) is 0 Å². The maximum atomic E-state index is 10.2. The second kappa shape index (κ2) is 32.1. The van der Waals surface area contributed by atoms with Crippen LogP contribution < -0.4 is 28.0 Å². The Morgan fingerprint density at radius 3 is 1.52 bits per heavy atom. The first-order valence-electron chi connectivity index (χ1n) is 15.4. The van der Waals surface area contributed by atoms with Crippen molar-refractivity contribution in [2.24, 2.45) is 17.2 Å². The van der Waals surface area contributed by atoms with Gasteiger partial charge in [0.05, 0.1) is 6.54 Å². The van der Waals surface area contributed by atoms with Crippen LogP contribution in [0, 0.1) is 0 Å². The Bertz CT molecular complexity index is 686. The van der Waals surface area contributed by atoms with Gasteiger partial charge in [-0.3, -0.25) is 14.4 Å². The van der Waals surface area contributed by atoms with Crippen LogP contribution in [0.3, 0.4) is 0 Å². The zero-order valence-electron chi connectivity index (χ0n) is 25.9. The first-order valence-corrected chi connectivity index (χ1v) is 20.1. The third-order valence-electron chi connectivity index (χ3n) is 6.40. The number of carbonyl (C=O) groups is 4. The summed E-state index contributed by atoms with van der Waals surface area (Å²) >= 11 is 0. The number of quaternary nitrogens is 1. The Morgan fingerprint density at radius 1 is 0.727 bits per heavy atom. The number of carboxylic acids is 4. The lowest BCUT2D eigenvalue weighted by Gasteiger charge is -2.06. The number of nitrogens with two attached hydrogens (primary N) is 3. The number of rotatable bonds is 20. The van der Waals surface area contributed by atoms with Crippen molar-refractivity contribution in [2.45, 2.75) is 125 Å². The van der Waals surface area contributed by atoms with E-state index in [9.17, 15) is 24.3 Å². The molecule has 2 aliphatic heterocycles. The molecule has 0 aliphatic carbocycles. The van der Waals surface area contributed by atoms with E-state index in [1.54, 1.807) is 0 Å². The van der Waals surface area contributed by atoms with E-state index >= 15 is 0 Å². The van der Waals surface area contributed by atoms with Gasteiger partial charge >= 0.3 is 17.9 Å². The minimum absolute atomic E-state index is 0.227. The molecule has 2 rings (SSSR count). The molecule has 0 saturated carbocycles. The van der Waals surface area contributed by atoms with Gasteiger partial charge in [-0.1, -0.05) is 62.4 Å². The Hall–Kier alpha value is -0.880. The smallest absolute Gasteiger partial charge is 0.320 e.